The molecule has 156 valence electrons. The number of rotatable bonds is 7. The van der Waals surface area contributed by atoms with Crippen LogP contribution in [0.4, 0.5) is 0 Å². The highest BCUT2D eigenvalue weighted by Crippen LogP contribution is 2.26. The minimum absolute atomic E-state index is 0.0111. The number of nitrogens with one attached hydrogen (secondary N) is 1. The third-order valence-electron chi connectivity index (χ3n) is 5.82. The molecule has 1 aliphatic carbocycles. The highest BCUT2D eigenvalue weighted by atomic mass is 16.2. The second-order valence-corrected chi connectivity index (χ2v) is 8.25. The molecule has 0 spiro atoms. The third kappa shape index (κ3) is 4.62. The normalized spacial score (nSPS) is 15.6. The minimum Gasteiger partial charge on any atom is -0.343 e. The van der Waals surface area contributed by atoms with E-state index in [1.807, 2.05) is 22.9 Å². The fraction of sp³-hybridized carbons (Fsp3) is 0.360. The summed E-state index contributed by atoms with van der Waals surface area (Å²) in [6, 6.07) is 21.3. The summed E-state index contributed by atoms with van der Waals surface area (Å²) < 4.78 is 2.04. The Balaban J connectivity index is 1.50. The molecule has 0 saturated heterocycles. The van der Waals surface area contributed by atoms with Crippen molar-refractivity contribution in [2.45, 2.75) is 38.3 Å². The number of nitrogens with zero attached hydrogens (tertiary/aromatic N) is 3. The molecule has 5 heteroatoms. The van der Waals surface area contributed by atoms with Gasteiger partial charge in [-0.2, -0.15) is 5.10 Å². The van der Waals surface area contributed by atoms with Crippen LogP contribution in [0.3, 0.4) is 0 Å². The van der Waals surface area contributed by atoms with Gasteiger partial charge < -0.3 is 10.2 Å². The summed E-state index contributed by atoms with van der Waals surface area (Å²) in [6.07, 6.45) is 3.88. The van der Waals surface area contributed by atoms with Crippen molar-refractivity contribution in [3.05, 3.63) is 88.7 Å². The maximum Gasteiger partial charge on any atom is 0.274 e. The van der Waals surface area contributed by atoms with Crippen molar-refractivity contribution < 1.29 is 4.79 Å². The van der Waals surface area contributed by atoms with Gasteiger partial charge in [0.25, 0.3) is 5.91 Å². The van der Waals surface area contributed by atoms with Crippen LogP contribution >= 0.6 is 0 Å². The quantitative estimate of drug-likeness (QED) is 0.660. The smallest absolute Gasteiger partial charge is 0.274 e. The summed E-state index contributed by atoms with van der Waals surface area (Å²) in [5, 5.41) is 8.47. The van der Waals surface area contributed by atoms with E-state index in [1.54, 1.807) is 19.0 Å². The van der Waals surface area contributed by atoms with Gasteiger partial charge in [-0.15, -0.1) is 0 Å². The van der Waals surface area contributed by atoms with Gasteiger partial charge in [0.05, 0.1) is 6.54 Å². The predicted molar refractivity (Wildman–Crippen MR) is 120 cm³/mol. The minimum atomic E-state index is -0.0111. The Morgan fingerprint density at radius 2 is 1.73 bits per heavy atom. The van der Waals surface area contributed by atoms with Crippen molar-refractivity contribution in [1.82, 2.24) is 20.0 Å². The van der Waals surface area contributed by atoms with Crippen LogP contribution < -0.4 is 5.32 Å². The summed E-state index contributed by atoms with van der Waals surface area (Å²) >= 11 is 0. The van der Waals surface area contributed by atoms with Crippen molar-refractivity contribution in [3.8, 4) is 0 Å². The van der Waals surface area contributed by atoms with E-state index in [4.69, 9.17) is 5.10 Å². The lowest BCUT2D eigenvalue weighted by Gasteiger charge is -2.25. The average Bonchev–Trinajstić information content (AvgIpc) is 3.12. The molecule has 2 aromatic carbocycles. The van der Waals surface area contributed by atoms with E-state index in [9.17, 15) is 4.79 Å². The number of carbonyl (C=O) groups is 1. The molecule has 1 aromatic heterocycles. The molecule has 1 atom stereocenters. The molecule has 0 radical (unpaired) electrons. The van der Waals surface area contributed by atoms with Crippen molar-refractivity contribution in [2.75, 3.05) is 20.6 Å². The van der Waals surface area contributed by atoms with Crippen LogP contribution in [0.15, 0.2) is 60.7 Å². The van der Waals surface area contributed by atoms with Crippen LogP contribution in [0.1, 0.15) is 39.3 Å². The van der Waals surface area contributed by atoms with E-state index in [2.05, 4.69) is 47.8 Å². The Morgan fingerprint density at radius 3 is 2.40 bits per heavy atom. The largest absolute Gasteiger partial charge is 0.343 e. The lowest BCUT2D eigenvalue weighted by atomic mass is 9.91. The number of amides is 1. The van der Waals surface area contributed by atoms with E-state index >= 15 is 0 Å². The summed E-state index contributed by atoms with van der Waals surface area (Å²) in [5.74, 6) is -0.0111. The molecule has 3 aromatic rings. The number of aromatic nitrogens is 2. The molecule has 0 saturated carbocycles. The first-order chi connectivity index (χ1) is 14.6. The number of benzene rings is 2. The van der Waals surface area contributed by atoms with Crippen LogP contribution in [0, 0.1) is 0 Å². The third-order valence-corrected chi connectivity index (χ3v) is 5.82. The topological polar surface area (TPSA) is 50.2 Å². The first-order valence-corrected chi connectivity index (χ1v) is 10.7. The second kappa shape index (κ2) is 9.26. The molecule has 0 aliphatic heterocycles. The Hall–Kier alpha value is -2.92. The van der Waals surface area contributed by atoms with Crippen molar-refractivity contribution >= 4 is 5.91 Å². The predicted octanol–water partition coefficient (Wildman–Crippen LogP) is 3.32. The van der Waals surface area contributed by atoms with Gasteiger partial charge in [-0.05, 0) is 43.4 Å². The standard InChI is InChI=1S/C25H30N4O/c1-28(2)25(30)24-22-17-21(26-16-15-19-9-5-3-6-10-19)13-14-23(22)29(27-24)18-20-11-7-4-8-12-20/h3-12,21,26H,13-18H2,1-2H3. The fourth-order valence-electron chi connectivity index (χ4n) is 4.20. The molecule has 0 fully saturated rings. The van der Waals surface area contributed by atoms with E-state index in [1.165, 1.54) is 16.8 Å². The number of hydrogen-bond donors (Lipinski definition) is 1. The summed E-state index contributed by atoms with van der Waals surface area (Å²) in [7, 11) is 3.59. The lowest BCUT2D eigenvalue weighted by molar-refractivity contribution is 0.0820. The maximum absolute atomic E-state index is 12.8. The molecule has 5 nitrogen and oxygen atoms in total. The van der Waals surface area contributed by atoms with Crippen LogP contribution in [0.2, 0.25) is 0 Å². The fourth-order valence-corrected chi connectivity index (χ4v) is 4.20. The van der Waals surface area contributed by atoms with Crippen LogP contribution in [-0.4, -0.2) is 47.3 Å². The first-order valence-electron chi connectivity index (χ1n) is 10.7. The van der Waals surface area contributed by atoms with Gasteiger partial charge in [-0.3, -0.25) is 9.48 Å². The molecule has 30 heavy (non-hydrogen) atoms. The molecule has 1 N–H and O–H groups in total. The van der Waals surface area contributed by atoms with Crippen LogP contribution in [-0.2, 0) is 25.8 Å². The Morgan fingerprint density at radius 1 is 1.07 bits per heavy atom. The molecule has 4 rings (SSSR count). The van der Waals surface area contributed by atoms with Gasteiger partial charge in [-0.1, -0.05) is 60.7 Å². The zero-order chi connectivity index (χ0) is 20.9. The molecule has 0 bridgehead atoms. The van der Waals surface area contributed by atoms with Crippen molar-refractivity contribution in [2.24, 2.45) is 0 Å². The van der Waals surface area contributed by atoms with Crippen LogP contribution in [0.25, 0.3) is 0 Å². The van der Waals surface area contributed by atoms with E-state index in [0.717, 1.165) is 37.8 Å². The highest BCUT2D eigenvalue weighted by molar-refractivity contribution is 5.93. The number of hydrogen-bond acceptors (Lipinski definition) is 3. The first kappa shape index (κ1) is 20.4. The van der Waals surface area contributed by atoms with Crippen molar-refractivity contribution in [3.63, 3.8) is 0 Å². The number of carbonyl (C=O) groups excluding carboxylic acids is 1. The van der Waals surface area contributed by atoms with Gasteiger partial charge in [-0.25, -0.2) is 0 Å². The monoisotopic (exact) mass is 402 g/mol. The van der Waals surface area contributed by atoms with E-state index < -0.39 is 0 Å². The summed E-state index contributed by atoms with van der Waals surface area (Å²) in [5.41, 5.74) is 5.49. The second-order valence-electron chi connectivity index (χ2n) is 8.25. The van der Waals surface area contributed by atoms with Gasteiger partial charge in [0, 0.05) is 31.4 Å². The number of fused-ring (bicyclic) bond motifs is 1. The SMILES string of the molecule is CN(C)C(=O)c1nn(Cc2ccccc2)c2c1CC(NCCc1ccccc1)CC2. The van der Waals surface area contributed by atoms with Gasteiger partial charge >= 0.3 is 0 Å². The molecule has 1 amide bonds. The van der Waals surface area contributed by atoms with Gasteiger partial charge in [0.15, 0.2) is 5.69 Å². The zero-order valence-electron chi connectivity index (χ0n) is 17.8. The van der Waals surface area contributed by atoms with E-state index in [-0.39, 0.29) is 5.91 Å². The summed E-state index contributed by atoms with van der Waals surface area (Å²) in [4.78, 5) is 14.4. The Bertz CT molecular complexity index is 979. The van der Waals surface area contributed by atoms with Gasteiger partial charge in [0.2, 0.25) is 0 Å². The highest BCUT2D eigenvalue weighted by Gasteiger charge is 2.29. The van der Waals surface area contributed by atoms with E-state index in [0.29, 0.717) is 18.3 Å². The molecule has 1 unspecified atom stereocenters. The van der Waals surface area contributed by atoms with Crippen molar-refractivity contribution in [1.29, 1.82) is 0 Å². The van der Waals surface area contributed by atoms with Gasteiger partial charge in [0.1, 0.15) is 0 Å². The molecule has 1 heterocycles. The molecular formula is C25H30N4O. The Kier molecular flexibility index (Phi) is 6.29. The molecular weight excluding hydrogens is 372 g/mol. The Labute approximate surface area is 178 Å². The zero-order valence-corrected chi connectivity index (χ0v) is 17.8. The maximum atomic E-state index is 12.8. The average molecular weight is 403 g/mol. The lowest BCUT2D eigenvalue weighted by Crippen LogP contribution is -2.36. The van der Waals surface area contributed by atoms with Crippen LogP contribution in [0.5, 0.6) is 0 Å². The molecule has 1 aliphatic rings. The summed E-state index contributed by atoms with van der Waals surface area (Å²) in [6.45, 7) is 1.65.